The Morgan fingerprint density at radius 3 is 2.55 bits per heavy atom. The van der Waals surface area contributed by atoms with E-state index < -0.39 is 0 Å². The lowest BCUT2D eigenvalue weighted by atomic mass is 10.2. The normalized spacial score (nSPS) is 11.1. The smallest absolute Gasteiger partial charge is 0.263 e. The lowest BCUT2D eigenvalue weighted by molar-refractivity contribution is 0.0957. The second-order valence-electron chi connectivity index (χ2n) is 4.84. The van der Waals surface area contributed by atoms with E-state index in [-0.39, 0.29) is 5.91 Å². The second-order valence-corrected chi connectivity index (χ2v) is 7.14. The number of aromatic nitrogens is 3. The maximum Gasteiger partial charge on any atom is 0.263 e. The number of carbonyl (C=O) groups excluding carboxylic acids is 1. The molecule has 2 aromatic rings. The molecule has 0 atom stereocenters. The quantitative estimate of drug-likeness (QED) is 0.922. The van der Waals surface area contributed by atoms with Gasteiger partial charge in [-0.05, 0) is 13.8 Å². The summed E-state index contributed by atoms with van der Waals surface area (Å²) in [6.45, 7) is 8.54. The summed E-state index contributed by atoms with van der Waals surface area (Å²) in [7, 11) is 0. The van der Waals surface area contributed by atoms with Gasteiger partial charge in [-0.25, -0.2) is 4.98 Å². The summed E-state index contributed by atoms with van der Waals surface area (Å²) >= 11 is 3.04. The Balaban J connectivity index is 1.91. The van der Waals surface area contributed by atoms with Crippen LogP contribution in [0.2, 0.25) is 0 Å². The van der Waals surface area contributed by atoms with Crippen LogP contribution in [0.1, 0.15) is 50.2 Å². The first-order valence-corrected chi connectivity index (χ1v) is 8.15. The molecule has 0 aliphatic rings. The number of hydrogen-bond acceptors (Lipinski definition) is 6. The fourth-order valence-electron chi connectivity index (χ4n) is 1.68. The van der Waals surface area contributed by atoms with Gasteiger partial charge in [-0.2, -0.15) is 0 Å². The van der Waals surface area contributed by atoms with Gasteiger partial charge in [0.05, 0.1) is 10.7 Å². The predicted octanol–water partition coefficient (Wildman–Crippen LogP) is 2.71. The molecule has 1 amide bonds. The van der Waals surface area contributed by atoms with Crippen LogP contribution in [0.15, 0.2) is 0 Å². The van der Waals surface area contributed by atoms with Crippen LogP contribution in [0.3, 0.4) is 0 Å². The van der Waals surface area contributed by atoms with E-state index in [1.165, 1.54) is 11.3 Å². The summed E-state index contributed by atoms with van der Waals surface area (Å²) in [5.41, 5.74) is 0.808. The average Bonchev–Trinajstić information content (AvgIpc) is 2.95. The molecule has 2 aromatic heterocycles. The van der Waals surface area contributed by atoms with Crippen LogP contribution in [0.5, 0.6) is 0 Å². The minimum atomic E-state index is -0.0480. The zero-order valence-corrected chi connectivity index (χ0v) is 13.7. The monoisotopic (exact) mass is 310 g/mol. The maximum atomic E-state index is 12.1. The highest BCUT2D eigenvalue weighted by Crippen LogP contribution is 2.24. The van der Waals surface area contributed by atoms with Crippen molar-refractivity contribution in [3.05, 3.63) is 25.6 Å². The molecule has 0 aliphatic carbocycles. The van der Waals surface area contributed by atoms with Crippen LogP contribution in [-0.4, -0.2) is 27.6 Å². The maximum absolute atomic E-state index is 12.1. The van der Waals surface area contributed by atoms with Crippen LogP contribution in [0.25, 0.3) is 0 Å². The van der Waals surface area contributed by atoms with E-state index in [0.29, 0.717) is 23.8 Å². The van der Waals surface area contributed by atoms with Gasteiger partial charge in [-0.15, -0.1) is 32.9 Å². The van der Waals surface area contributed by atoms with Crippen molar-refractivity contribution in [1.82, 2.24) is 20.5 Å². The van der Waals surface area contributed by atoms with Crippen molar-refractivity contribution in [3.8, 4) is 0 Å². The van der Waals surface area contributed by atoms with E-state index in [0.717, 1.165) is 20.7 Å². The fourth-order valence-corrected chi connectivity index (χ4v) is 3.37. The zero-order chi connectivity index (χ0) is 14.7. The zero-order valence-electron chi connectivity index (χ0n) is 12.1. The molecule has 0 aromatic carbocycles. The third-order valence-corrected chi connectivity index (χ3v) is 5.06. The minimum absolute atomic E-state index is 0.0480. The molecule has 0 spiro atoms. The van der Waals surface area contributed by atoms with Gasteiger partial charge in [0, 0.05) is 18.9 Å². The molecule has 0 saturated carbocycles. The molecular formula is C13H18N4OS2. The van der Waals surface area contributed by atoms with Crippen molar-refractivity contribution >= 4 is 28.6 Å². The molecule has 7 heteroatoms. The lowest BCUT2D eigenvalue weighted by Gasteiger charge is -2.01. The molecule has 0 fully saturated rings. The van der Waals surface area contributed by atoms with E-state index in [1.807, 2.05) is 13.8 Å². The number of aryl methyl sites for hydroxylation is 2. The van der Waals surface area contributed by atoms with Gasteiger partial charge in [0.1, 0.15) is 14.9 Å². The van der Waals surface area contributed by atoms with Gasteiger partial charge in [0.2, 0.25) is 0 Å². The highest BCUT2D eigenvalue weighted by atomic mass is 32.1. The number of nitrogens with one attached hydrogen (secondary N) is 1. The summed E-state index contributed by atoms with van der Waals surface area (Å²) < 4.78 is 0. The van der Waals surface area contributed by atoms with Gasteiger partial charge in [0.25, 0.3) is 5.91 Å². The number of rotatable bonds is 5. The lowest BCUT2D eigenvalue weighted by Crippen LogP contribution is -2.25. The molecule has 0 saturated heterocycles. The Morgan fingerprint density at radius 1 is 1.25 bits per heavy atom. The van der Waals surface area contributed by atoms with Crippen LogP contribution < -0.4 is 5.32 Å². The predicted molar refractivity (Wildman–Crippen MR) is 81.6 cm³/mol. The van der Waals surface area contributed by atoms with E-state index in [9.17, 15) is 4.79 Å². The summed E-state index contributed by atoms with van der Waals surface area (Å²) in [4.78, 5) is 17.3. The largest absolute Gasteiger partial charge is 0.351 e. The van der Waals surface area contributed by atoms with Crippen molar-refractivity contribution in [1.29, 1.82) is 0 Å². The van der Waals surface area contributed by atoms with Crippen molar-refractivity contribution in [2.24, 2.45) is 0 Å². The SMILES string of the molecule is Cc1nnc(CCNC(=O)c2sc(C(C)C)nc2C)s1. The molecule has 2 rings (SSSR count). The highest BCUT2D eigenvalue weighted by Gasteiger charge is 2.16. The van der Waals surface area contributed by atoms with Crippen LogP contribution in [-0.2, 0) is 6.42 Å². The molecule has 0 unspecified atom stereocenters. The Bertz CT molecular complexity index is 603. The van der Waals surface area contributed by atoms with Crippen LogP contribution in [0.4, 0.5) is 0 Å². The first-order valence-electron chi connectivity index (χ1n) is 6.52. The summed E-state index contributed by atoms with van der Waals surface area (Å²) in [6.07, 6.45) is 0.714. The van der Waals surface area contributed by atoms with Crippen molar-refractivity contribution in [2.45, 2.75) is 40.0 Å². The van der Waals surface area contributed by atoms with Gasteiger partial charge in [0.15, 0.2) is 0 Å². The van der Waals surface area contributed by atoms with Crippen molar-refractivity contribution < 1.29 is 4.79 Å². The number of carbonyl (C=O) groups is 1. The Kier molecular flexibility index (Phi) is 4.82. The van der Waals surface area contributed by atoms with Gasteiger partial charge in [-0.3, -0.25) is 4.79 Å². The number of hydrogen-bond donors (Lipinski definition) is 1. The molecule has 5 nitrogen and oxygen atoms in total. The number of thiazole rings is 1. The summed E-state index contributed by atoms with van der Waals surface area (Å²) in [5, 5.41) is 13.8. The average molecular weight is 310 g/mol. The standard InChI is InChI=1S/C13H18N4OS2/c1-7(2)13-15-8(3)11(20-13)12(18)14-6-5-10-17-16-9(4)19-10/h7H,5-6H2,1-4H3,(H,14,18). The summed E-state index contributed by atoms with van der Waals surface area (Å²) in [5.74, 6) is 0.303. The molecule has 0 aliphatic heterocycles. The van der Waals surface area contributed by atoms with E-state index in [2.05, 4.69) is 34.3 Å². The van der Waals surface area contributed by atoms with Gasteiger partial charge >= 0.3 is 0 Å². The van der Waals surface area contributed by atoms with Crippen molar-refractivity contribution in [3.63, 3.8) is 0 Å². The Morgan fingerprint density at radius 2 is 2.00 bits per heavy atom. The van der Waals surface area contributed by atoms with Crippen molar-refractivity contribution in [2.75, 3.05) is 6.54 Å². The van der Waals surface area contributed by atoms with Crippen LogP contribution >= 0.6 is 22.7 Å². The topological polar surface area (TPSA) is 67.8 Å². The molecular weight excluding hydrogens is 292 g/mol. The third kappa shape index (κ3) is 3.61. The molecule has 0 radical (unpaired) electrons. The summed E-state index contributed by atoms with van der Waals surface area (Å²) in [6, 6.07) is 0. The Hall–Kier alpha value is -1.34. The first kappa shape index (κ1) is 15.1. The minimum Gasteiger partial charge on any atom is -0.351 e. The fraction of sp³-hybridized carbons (Fsp3) is 0.538. The van der Waals surface area contributed by atoms with Gasteiger partial charge < -0.3 is 5.32 Å². The van der Waals surface area contributed by atoms with E-state index >= 15 is 0 Å². The second kappa shape index (κ2) is 6.41. The Labute approximate surface area is 126 Å². The van der Waals surface area contributed by atoms with E-state index in [1.54, 1.807) is 11.3 Å². The molecule has 20 heavy (non-hydrogen) atoms. The molecule has 1 N–H and O–H groups in total. The van der Waals surface area contributed by atoms with Crippen LogP contribution in [0, 0.1) is 13.8 Å². The highest BCUT2D eigenvalue weighted by molar-refractivity contribution is 7.13. The molecule has 0 bridgehead atoms. The number of nitrogens with zero attached hydrogens (tertiary/aromatic N) is 3. The first-order chi connectivity index (χ1) is 9.47. The third-order valence-electron chi connectivity index (χ3n) is 2.71. The molecule has 2 heterocycles. The van der Waals surface area contributed by atoms with E-state index in [4.69, 9.17) is 0 Å². The number of amides is 1. The van der Waals surface area contributed by atoms with Gasteiger partial charge in [-0.1, -0.05) is 13.8 Å². The molecule has 108 valence electrons.